The monoisotopic (exact) mass is 359 g/mol. The minimum absolute atomic E-state index is 0.276. The molecular formula is C18H22BrN3. The molecule has 22 heavy (non-hydrogen) atoms. The minimum Gasteiger partial charge on any atom is -0.315 e. The zero-order chi connectivity index (χ0) is 15.4. The van der Waals surface area contributed by atoms with Crippen LogP contribution in [0.4, 0.5) is 0 Å². The van der Waals surface area contributed by atoms with Gasteiger partial charge in [0, 0.05) is 36.5 Å². The molecule has 1 aromatic heterocycles. The van der Waals surface area contributed by atoms with Crippen molar-refractivity contribution in [1.29, 1.82) is 0 Å². The first kappa shape index (κ1) is 15.7. The molecule has 4 heteroatoms. The first-order valence-electron chi connectivity index (χ1n) is 7.87. The average Bonchev–Trinajstić information content (AvgIpc) is 2.80. The van der Waals surface area contributed by atoms with Crippen molar-refractivity contribution >= 4 is 15.9 Å². The van der Waals surface area contributed by atoms with Crippen molar-refractivity contribution in [2.45, 2.75) is 19.4 Å². The molecule has 0 saturated carbocycles. The summed E-state index contributed by atoms with van der Waals surface area (Å²) in [7, 11) is 0. The van der Waals surface area contributed by atoms with Gasteiger partial charge in [-0.2, -0.15) is 0 Å². The highest BCUT2D eigenvalue weighted by molar-refractivity contribution is 9.10. The maximum Gasteiger partial charge on any atom is 0.0617 e. The first-order valence-corrected chi connectivity index (χ1v) is 8.66. The SMILES string of the molecule is Cc1cnccc1C(c1ccccc1Br)N1CCCNCC1. The Morgan fingerprint density at radius 3 is 2.82 bits per heavy atom. The zero-order valence-corrected chi connectivity index (χ0v) is 14.5. The van der Waals surface area contributed by atoms with Gasteiger partial charge in [-0.05, 0) is 48.7 Å². The molecule has 0 radical (unpaired) electrons. The van der Waals surface area contributed by atoms with Crippen molar-refractivity contribution in [3.8, 4) is 0 Å². The molecule has 1 saturated heterocycles. The standard InChI is InChI=1S/C18H22BrN3/c1-14-13-21-9-7-15(14)18(16-5-2-3-6-17(16)19)22-11-4-8-20-10-12-22/h2-3,5-7,9,13,18,20H,4,8,10-12H2,1H3. The summed E-state index contributed by atoms with van der Waals surface area (Å²) in [4.78, 5) is 6.85. The predicted molar refractivity (Wildman–Crippen MR) is 94.0 cm³/mol. The summed E-state index contributed by atoms with van der Waals surface area (Å²) in [5.74, 6) is 0. The Hall–Kier alpha value is -1.23. The molecule has 2 heterocycles. The molecule has 1 unspecified atom stereocenters. The first-order chi connectivity index (χ1) is 10.8. The van der Waals surface area contributed by atoms with Crippen molar-refractivity contribution in [3.05, 3.63) is 63.9 Å². The summed E-state index contributed by atoms with van der Waals surface area (Å²) in [6.45, 7) is 6.48. The largest absolute Gasteiger partial charge is 0.315 e. The van der Waals surface area contributed by atoms with Crippen LogP contribution in [-0.4, -0.2) is 36.1 Å². The Labute approximate surface area is 140 Å². The van der Waals surface area contributed by atoms with Gasteiger partial charge in [-0.3, -0.25) is 9.88 Å². The van der Waals surface area contributed by atoms with E-state index in [1.165, 1.54) is 27.6 Å². The quantitative estimate of drug-likeness (QED) is 0.908. The third-order valence-corrected chi connectivity index (χ3v) is 5.02. The zero-order valence-electron chi connectivity index (χ0n) is 12.9. The molecule has 1 fully saturated rings. The fraction of sp³-hybridized carbons (Fsp3) is 0.389. The third-order valence-electron chi connectivity index (χ3n) is 4.30. The van der Waals surface area contributed by atoms with Crippen LogP contribution in [0.15, 0.2) is 47.2 Å². The average molecular weight is 360 g/mol. The van der Waals surface area contributed by atoms with E-state index in [-0.39, 0.29) is 6.04 Å². The van der Waals surface area contributed by atoms with Gasteiger partial charge in [0.1, 0.15) is 0 Å². The lowest BCUT2D eigenvalue weighted by Gasteiger charge is -2.32. The van der Waals surface area contributed by atoms with E-state index in [9.17, 15) is 0 Å². The molecule has 0 amide bonds. The molecule has 3 rings (SSSR count). The van der Waals surface area contributed by atoms with Gasteiger partial charge in [0.05, 0.1) is 6.04 Å². The van der Waals surface area contributed by atoms with Crippen LogP contribution in [0.25, 0.3) is 0 Å². The second-order valence-corrected chi connectivity index (χ2v) is 6.65. The maximum atomic E-state index is 4.26. The molecule has 116 valence electrons. The van der Waals surface area contributed by atoms with E-state index >= 15 is 0 Å². The van der Waals surface area contributed by atoms with Crippen LogP contribution in [0.5, 0.6) is 0 Å². The summed E-state index contributed by atoms with van der Waals surface area (Å²) in [5, 5.41) is 3.50. The van der Waals surface area contributed by atoms with Gasteiger partial charge in [0.25, 0.3) is 0 Å². The number of aryl methyl sites for hydroxylation is 1. The Kier molecular flexibility index (Phi) is 5.24. The van der Waals surface area contributed by atoms with Gasteiger partial charge in [-0.15, -0.1) is 0 Å². The van der Waals surface area contributed by atoms with Gasteiger partial charge >= 0.3 is 0 Å². The van der Waals surface area contributed by atoms with Crippen LogP contribution in [0.1, 0.15) is 29.2 Å². The molecule has 1 N–H and O–H groups in total. The van der Waals surface area contributed by atoms with Crippen molar-refractivity contribution in [1.82, 2.24) is 15.2 Å². The molecular weight excluding hydrogens is 338 g/mol. The second kappa shape index (κ2) is 7.36. The Balaban J connectivity index is 2.06. The van der Waals surface area contributed by atoms with Crippen molar-refractivity contribution < 1.29 is 0 Å². The third kappa shape index (κ3) is 3.40. The predicted octanol–water partition coefficient (Wildman–Crippen LogP) is 3.54. The van der Waals surface area contributed by atoms with E-state index in [1.54, 1.807) is 0 Å². The summed E-state index contributed by atoms with van der Waals surface area (Å²) in [6, 6.07) is 11.0. The van der Waals surface area contributed by atoms with Crippen LogP contribution < -0.4 is 5.32 Å². The van der Waals surface area contributed by atoms with Crippen LogP contribution in [0.2, 0.25) is 0 Å². The fourth-order valence-corrected chi connectivity index (χ4v) is 3.68. The Morgan fingerprint density at radius 2 is 2.00 bits per heavy atom. The summed E-state index contributed by atoms with van der Waals surface area (Å²) < 4.78 is 1.17. The van der Waals surface area contributed by atoms with Crippen LogP contribution in [0, 0.1) is 6.92 Å². The molecule has 1 atom stereocenters. The van der Waals surface area contributed by atoms with Gasteiger partial charge in [-0.1, -0.05) is 34.1 Å². The number of hydrogen-bond donors (Lipinski definition) is 1. The van der Waals surface area contributed by atoms with E-state index in [0.717, 1.165) is 26.2 Å². The summed E-state index contributed by atoms with van der Waals surface area (Å²) >= 11 is 3.75. The lowest BCUT2D eigenvalue weighted by Crippen LogP contribution is -2.33. The molecule has 1 aliphatic rings. The van der Waals surface area contributed by atoms with E-state index < -0.39 is 0 Å². The minimum atomic E-state index is 0.276. The number of nitrogens with one attached hydrogen (secondary N) is 1. The van der Waals surface area contributed by atoms with E-state index in [4.69, 9.17) is 0 Å². The van der Waals surface area contributed by atoms with Gasteiger partial charge in [0.15, 0.2) is 0 Å². The van der Waals surface area contributed by atoms with Gasteiger partial charge < -0.3 is 5.32 Å². The summed E-state index contributed by atoms with van der Waals surface area (Å²) in [5.41, 5.74) is 3.93. The number of hydrogen-bond acceptors (Lipinski definition) is 3. The second-order valence-electron chi connectivity index (χ2n) is 5.80. The van der Waals surface area contributed by atoms with E-state index in [2.05, 4.69) is 68.4 Å². The molecule has 2 aromatic rings. The Bertz CT molecular complexity index is 576. The molecule has 0 spiro atoms. The normalized spacial score (nSPS) is 17.9. The molecule has 1 aliphatic heterocycles. The fourth-order valence-electron chi connectivity index (χ4n) is 3.17. The molecule has 3 nitrogen and oxygen atoms in total. The van der Waals surface area contributed by atoms with E-state index in [1.807, 2.05) is 12.4 Å². The Morgan fingerprint density at radius 1 is 1.14 bits per heavy atom. The lowest BCUT2D eigenvalue weighted by atomic mass is 9.94. The highest BCUT2D eigenvalue weighted by atomic mass is 79.9. The van der Waals surface area contributed by atoms with Crippen molar-refractivity contribution in [3.63, 3.8) is 0 Å². The summed E-state index contributed by atoms with van der Waals surface area (Å²) in [6.07, 6.45) is 5.06. The smallest absolute Gasteiger partial charge is 0.0617 e. The number of pyridine rings is 1. The van der Waals surface area contributed by atoms with Crippen LogP contribution in [-0.2, 0) is 0 Å². The van der Waals surface area contributed by atoms with Gasteiger partial charge in [0.2, 0.25) is 0 Å². The van der Waals surface area contributed by atoms with Gasteiger partial charge in [-0.25, -0.2) is 0 Å². The number of benzene rings is 1. The maximum absolute atomic E-state index is 4.26. The lowest BCUT2D eigenvalue weighted by molar-refractivity contribution is 0.240. The number of nitrogens with zero attached hydrogens (tertiary/aromatic N) is 2. The van der Waals surface area contributed by atoms with Crippen molar-refractivity contribution in [2.75, 3.05) is 26.2 Å². The van der Waals surface area contributed by atoms with Crippen LogP contribution >= 0.6 is 15.9 Å². The molecule has 0 bridgehead atoms. The van der Waals surface area contributed by atoms with Crippen LogP contribution in [0.3, 0.4) is 0 Å². The van der Waals surface area contributed by atoms with Crippen molar-refractivity contribution in [2.24, 2.45) is 0 Å². The molecule has 0 aliphatic carbocycles. The van der Waals surface area contributed by atoms with E-state index in [0.29, 0.717) is 0 Å². The number of rotatable bonds is 3. The number of aromatic nitrogens is 1. The highest BCUT2D eigenvalue weighted by Crippen LogP contribution is 2.34. The highest BCUT2D eigenvalue weighted by Gasteiger charge is 2.25. The topological polar surface area (TPSA) is 28.2 Å². The number of halogens is 1. The molecule has 1 aromatic carbocycles.